The third kappa shape index (κ3) is 5.57. The van der Waals surface area contributed by atoms with Gasteiger partial charge in [-0.2, -0.15) is 0 Å². The van der Waals surface area contributed by atoms with Gasteiger partial charge in [0.15, 0.2) is 6.61 Å². The minimum Gasteiger partial charge on any atom is -0.483 e. The number of H-pyrrole nitrogens is 1. The van der Waals surface area contributed by atoms with Crippen LogP contribution in [0.25, 0.3) is 0 Å². The number of hydrogen-bond donors (Lipinski definition) is 1. The van der Waals surface area contributed by atoms with E-state index in [9.17, 15) is 24.0 Å². The van der Waals surface area contributed by atoms with Crippen molar-refractivity contribution in [2.75, 3.05) is 44.4 Å². The predicted octanol–water partition coefficient (Wildman–Crippen LogP) is 3.30. The highest BCUT2D eigenvalue weighted by atomic mass is 35.5. The number of halogens is 1. The highest BCUT2D eigenvalue weighted by Gasteiger charge is 2.57. The van der Waals surface area contributed by atoms with Gasteiger partial charge < -0.3 is 24.1 Å². The Morgan fingerprint density at radius 1 is 1.07 bits per heavy atom. The second kappa shape index (κ2) is 12.2. The molecule has 11 nitrogen and oxygen atoms in total. The van der Waals surface area contributed by atoms with Gasteiger partial charge in [-0.1, -0.05) is 34.7 Å². The van der Waals surface area contributed by atoms with Crippen LogP contribution in [0.1, 0.15) is 33.6 Å². The lowest BCUT2D eigenvalue weighted by molar-refractivity contribution is -0.137. The maximum atomic E-state index is 14.1. The average Bonchev–Trinajstić information content (AvgIpc) is 3.50. The number of thiazole rings is 1. The number of carbonyl (C=O) groups is 4. The number of nitrogens with one attached hydrogen (secondary N) is 1. The summed E-state index contributed by atoms with van der Waals surface area (Å²) in [5.74, 6) is -2.94. The Kier molecular flexibility index (Phi) is 8.32. The van der Waals surface area contributed by atoms with Gasteiger partial charge >= 0.3 is 10.8 Å². The number of benzene rings is 2. The summed E-state index contributed by atoms with van der Waals surface area (Å²) >= 11 is 8.53. The van der Waals surface area contributed by atoms with Crippen molar-refractivity contribution in [3.05, 3.63) is 73.2 Å². The molecule has 0 radical (unpaired) electrons. The normalized spacial score (nSPS) is 21.4. The van der Waals surface area contributed by atoms with Crippen LogP contribution in [0.2, 0.25) is 5.02 Å². The van der Waals surface area contributed by atoms with Crippen LogP contribution in [-0.2, 0) is 23.9 Å². The van der Waals surface area contributed by atoms with Crippen molar-refractivity contribution < 1.29 is 33.4 Å². The molecule has 2 fully saturated rings. The summed E-state index contributed by atoms with van der Waals surface area (Å²) in [7, 11) is 0. The Bertz CT molecular complexity index is 1650. The van der Waals surface area contributed by atoms with E-state index < -0.39 is 34.9 Å². The molecule has 0 saturated carbocycles. The number of nitrogens with zero attached hydrogens (tertiary/aromatic N) is 2. The fourth-order valence-corrected chi connectivity index (χ4v) is 8.19. The van der Waals surface area contributed by atoms with E-state index in [-0.39, 0.29) is 24.0 Å². The minimum atomic E-state index is -0.892. The molecular formula is C29H26ClN3O8S2. The third-order valence-electron chi connectivity index (χ3n) is 7.48. The van der Waals surface area contributed by atoms with E-state index in [0.717, 1.165) is 28.0 Å². The van der Waals surface area contributed by atoms with Gasteiger partial charge in [-0.25, -0.2) is 9.69 Å². The first-order valence-electron chi connectivity index (χ1n) is 13.6. The quantitative estimate of drug-likeness (QED) is 0.304. The molecule has 1 aromatic heterocycles. The van der Waals surface area contributed by atoms with Crippen LogP contribution in [0.15, 0.2) is 52.3 Å². The van der Waals surface area contributed by atoms with Gasteiger partial charge in [0.1, 0.15) is 11.0 Å². The van der Waals surface area contributed by atoms with E-state index in [1.165, 1.54) is 24.3 Å². The van der Waals surface area contributed by atoms with E-state index in [1.54, 1.807) is 30.0 Å². The predicted molar refractivity (Wildman–Crippen MR) is 159 cm³/mol. The van der Waals surface area contributed by atoms with E-state index in [4.69, 9.17) is 25.8 Å². The van der Waals surface area contributed by atoms with E-state index in [1.807, 2.05) is 0 Å². The van der Waals surface area contributed by atoms with Crippen LogP contribution in [0, 0.1) is 5.92 Å². The Hall–Kier alpha value is -3.65. The fraction of sp³-hybridized carbons (Fsp3) is 0.345. The minimum absolute atomic E-state index is 0.210. The lowest BCUT2D eigenvalue weighted by Gasteiger charge is -2.31. The highest BCUT2D eigenvalue weighted by Crippen LogP contribution is 2.54. The van der Waals surface area contributed by atoms with Crippen molar-refractivity contribution in [1.29, 1.82) is 0 Å². The molecular weight excluding hydrogens is 618 g/mol. The average molecular weight is 644 g/mol. The van der Waals surface area contributed by atoms with Gasteiger partial charge in [-0.3, -0.25) is 19.2 Å². The number of amides is 3. The highest BCUT2D eigenvalue weighted by molar-refractivity contribution is 8.00. The van der Waals surface area contributed by atoms with Crippen LogP contribution < -0.4 is 14.5 Å². The van der Waals surface area contributed by atoms with Crippen LogP contribution in [0.5, 0.6) is 5.75 Å². The molecule has 3 amide bonds. The standard InChI is InChI=1S/C29H26ClN3O8S2/c1-2-40-28(37)15-3-6-17(7-4-15)33-26(35)22-21(23-25(31-29(38)43-23)42-24(22)27(33)36)18-13-16(30)5-8-19(18)41-14-20(34)32-9-11-39-12-10-32/h3-8,13,21-22,24H,2,9-12,14H2,1H3,(H,31,38). The number of esters is 1. The first-order valence-corrected chi connectivity index (χ1v) is 15.7. The Morgan fingerprint density at radius 2 is 1.81 bits per heavy atom. The SMILES string of the molecule is CCOC(=O)c1ccc(N2C(=O)C3Sc4[nH]c(=O)sc4C(c4cc(Cl)ccc4OCC(=O)N4CCOCC4)C3C2=O)cc1. The lowest BCUT2D eigenvalue weighted by atomic mass is 9.82. The first kappa shape index (κ1) is 29.4. The van der Waals surface area contributed by atoms with E-state index in [2.05, 4.69) is 4.98 Å². The molecule has 3 aromatic rings. The summed E-state index contributed by atoms with van der Waals surface area (Å²) in [6.07, 6.45) is 0. The number of aromatic nitrogens is 1. The largest absolute Gasteiger partial charge is 0.483 e. The maximum absolute atomic E-state index is 14.1. The van der Waals surface area contributed by atoms with Crippen LogP contribution in [-0.4, -0.2) is 78.3 Å². The van der Waals surface area contributed by atoms with Crippen molar-refractivity contribution in [3.8, 4) is 5.75 Å². The molecule has 4 heterocycles. The number of morpholine rings is 1. The van der Waals surface area contributed by atoms with Gasteiger partial charge in [-0.15, -0.1) is 0 Å². The molecule has 14 heteroatoms. The molecule has 1 N–H and O–H groups in total. The lowest BCUT2D eigenvalue weighted by Crippen LogP contribution is -2.43. The van der Waals surface area contributed by atoms with Crippen molar-refractivity contribution in [2.24, 2.45) is 5.92 Å². The molecule has 3 atom stereocenters. The summed E-state index contributed by atoms with van der Waals surface area (Å²) in [5, 5.41) is 0.0169. The Morgan fingerprint density at radius 3 is 2.53 bits per heavy atom. The molecule has 2 saturated heterocycles. The second-order valence-electron chi connectivity index (χ2n) is 9.99. The fourth-order valence-electron chi connectivity index (χ4n) is 5.50. The molecule has 3 unspecified atom stereocenters. The number of anilines is 1. The van der Waals surface area contributed by atoms with Crippen molar-refractivity contribution in [2.45, 2.75) is 23.1 Å². The van der Waals surface area contributed by atoms with Gasteiger partial charge in [0.05, 0.1) is 42.0 Å². The zero-order valence-corrected chi connectivity index (χ0v) is 25.3. The summed E-state index contributed by atoms with van der Waals surface area (Å²) in [6.45, 7) is 3.51. The van der Waals surface area contributed by atoms with Gasteiger partial charge in [0.25, 0.3) is 5.91 Å². The number of carbonyl (C=O) groups excluding carboxylic acids is 4. The number of hydrogen-bond acceptors (Lipinski definition) is 10. The van der Waals surface area contributed by atoms with E-state index >= 15 is 0 Å². The smallest absolute Gasteiger partial charge is 0.338 e. The van der Waals surface area contributed by atoms with Gasteiger partial charge in [-0.05, 0) is 49.4 Å². The summed E-state index contributed by atoms with van der Waals surface area (Å²) < 4.78 is 16.4. The second-order valence-corrected chi connectivity index (χ2v) is 12.6. The molecule has 2 aromatic carbocycles. The third-order valence-corrected chi connectivity index (χ3v) is 10.1. The summed E-state index contributed by atoms with van der Waals surface area (Å²) in [6, 6.07) is 11.0. The molecule has 224 valence electrons. The number of imide groups is 1. The zero-order chi connectivity index (χ0) is 30.2. The van der Waals surface area contributed by atoms with E-state index in [0.29, 0.717) is 63.8 Å². The number of rotatable bonds is 7. The van der Waals surface area contributed by atoms with Crippen molar-refractivity contribution in [3.63, 3.8) is 0 Å². The van der Waals surface area contributed by atoms with Crippen LogP contribution >= 0.6 is 34.7 Å². The molecule has 0 spiro atoms. The summed E-state index contributed by atoms with van der Waals surface area (Å²) in [5.41, 5.74) is 1.10. The number of aromatic amines is 1. The Balaban J connectivity index is 1.35. The van der Waals surface area contributed by atoms with Crippen LogP contribution in [0.4, 0.5) is 5.69 Å². The van der Waals surface area contributed by atoms with Crippen molar-refractivity contribution >= 4 is 64.1 Å². The first-order chi connectivity index (χ1) is 20.8. The molecule has 6 rings (SSSR count). The van der Waals surface area contributed by atoms with Crippen molar-refractivity contribution in [1.82, 2.24) is 9.88 Å². The number of fused-ring (bicyclic) bond motifs is 2. The molecule has 0 aliphatic carbocycles. The van der Waals surface area contributed by atoms with Crippen LogP contribution in [0.3, 0.4) is 0 Å². The number of ether oxygens (including phenoxy) is 3. The molecule has 3 aliphatic heterocycles. The number of thioether (sulfide) groups is 1. The van der Waals surface area contributed by atoms with Gasteiger partial charge in [0.2, 0.25) is 11.8 Å². The zero-order valence-electron chi connectivity index (χ0n) is 22.9. The summed E-state index contributed by atoms with van der Waals surface area (Å²) in [4.78, 5) is 71.2. The Labute approximate surface area is 259 Å². The monoisotopic (exact) mass is 643 g/mol. The molecule has 0 bridgehead atoms. The molecule has 43 heavy (non-hydrogen) atoms. The van der Waals surface area contributed by atoms with Gasteiger partial charge in [0, 0.05) is 34.5 Å². The topological polar surface area (TPSA) is 135 Å². The maximum Gasteiger partial charge on any atom is 0.338 e. The molecule has 3 aliphatic rings.